The maximum atomic E-state index is 4.65. The molecule has 4 aliphatic carbocycles. The molecule has 0 fully saturated rings. The maximum Gasteiger partial charge on any atom is 0.0462 e. The number of hydrogen-bond donors (Lipinski definition) is 0. The van der Waals surface area contributed by atoms with Crippen molar-refractivity contribution in [3.8, 4) is 78.4 Å². The van der Waals surface area contributed by atoms with E-state index in [9.17, 15) is 0 Å². The Kier molecular flexibility index (Phi) is 31.2. The van der Waals surface area contributed by atoms with E-state index in [0.29, 0.717) is 23.7 Å². The molecule has 17 aromatic carbocycles. The second-order valence-corrected chi connectivity index (χ2v) is 39.2. The van der Waals surface area contributed by atoms with Gasteiger partial charge in [-0.1, -0.05) is 301 Å². The van der Waals surface area contributed by atoms with Crippen LogP contribution in [-0.2, 0) is 76.7 Å². The van der Waals surface area contributed by atoms with E-state index in [0.717, 1.165) is 142 Å². The Labute approximate surface area is 905 Å². The van der Waals surface area contributed by atoms with Gasteiger partial charge in [-0.3, -0.25) is 0 Å². The van der Waals surface area contributed by atoms with Crippen molar-refractivity contribution >= 4 is 51.2 Å². The number of benzene rings is 17. The minimum Gasteiger partial charge on any atom is -0.311 e. The summed E-state index contributed by atoms with van der Waals surface area (Å²) in [5.41, 5.74) is 43.5. The second-order valence-electron chi connectivity index (χ2n) is 39.2. The van der Waals surface area contributed by atoms with Crippen LogP contribution in [0, 0.1) is 24.3 Å². The van der Waals surface area contributed by atoms with Gasteiger partial charge in [0.1, 0.15) is 0 Å². The van der Waals surface area contributed by atoms with Gasteiger partial charge >= 0.3 is 0 Å². The van der Waals surface area contributed by atoms with Gasteiger partial charge in [-0.25, -0.2) is 0 Å². The zero-order valence-electron chi connectivity index (χ0n) is 84.2. The Bertz CT molecular complexity index is 7760. The van der Waals surface area contributed by atoms with Crippen molar-refractivity contribution in [2.75, 3.05) is 14.7 Å². The van der Waals surface area contributed by atoms with Crippen LogP contribution in [0.3, 0.4) is 0 Å². The smallest absolute Gasteiger partial charge is 0.0462 e. The second kappa shape index (κ2) is 46.4. The van der Waals surface area contributed by atoms with Crippen molar-refractivity contribution in [1.29, 1.82) is 0 Å². The van der Waals surface area contributed by atoms with Gasteiger partial charge in [-0.05, 0) is 309 Å². The van der Waals surface area contributed by atoms with Crippen LogP contribution in [0.1, 0.15) is 144 Å². The summed E-state index contributed by atoms with van der Waals surface area (Å²) in [4.78, 5) is 24.7. The van der Waals surface area contributed by atoms with Gasteiger partial charge < -0.3 is 34.6 Å². The summed E-state index contributed by atoms with van der Waals surface area (Å²) >= 11 is 0. The standard InChI is InChI=1S/C68H56N3.C50H43N2.2C11H8N.2Ir/c1-3-49(53-34-41-64-63-23-13-14-24-65(63)68(66(64)45-53)46-55-27-26-54(44-56(55)47-68)67-25-15-16-42-69-67)43-48(2)50-28-35-60(36-29-50)71(59-21-11-6-12-22-59)62-39-32-52(33-40-62)51-30-37-61(38-31-51)70(57-17-7-4-8-18-57)58-19-9-5-10-20-58;1-3-36(30-35(2)37-23-26-44(27-24-37)52(42-14-6-4-7-15-42)43-16-8-5-9-17-43)38-25-28-46-45-18-10-11-19-47(45)50(48(46)32-38)33-40-22-21-39(31-41(40)34-50)49-20-12-13-29-51-49;2*1-2-6-10(7-3-1)11-8-4-5-9-12-11;;/h4-25,27-42,44-45,48-49H,3,43,46-47H2,1-2H3;4-20,22-29,31-32,35-36H,3,30,33-34H2,1-2H3;2*1-6,8-9H;;/q4*-1;;. The molecule has 0 amide bonds. The summed E-state index contributed by atoms with van der Waals surface area (Å²) in [5.74, 6) is 1.72. The molecule has 149 heavy (non-hydrogen) atoms. The largest absolute Gasteiger partial charge is 0.311 e. The molecule has 0 aliphatic heterocycles. The van der Waals surface area contributed by atoms with E-state index in [1.54, 1.807) is 12.4 Å². The normalized spacial score (nSPS) is 14.6. The third-order valence-corrected chi connectivity index (χ3v) is 30.3. The molecule has 4 aliphatic rings. The Morgan fingerprint density at radius 2 is 0.510 bits per heavy atom. The van der Waals surface area contributed by atoms with Crippen molar-refractivity contribution in [2.45, 2.75) is 114 Å². The van der Waals surface area contributed by atoms with Crippen LogP contribution >= 0.6 is 0 Å². The summed E-state index contributed by atoms with van der Waals surface area (Å²) in [5, 5.41) is 0. The molecule has 4 aromatic heterocycles. The van der Waals surface area contributed by atoms with Crippen LogP contribution in [0.2, 0.25) is 0 Å². The molecule has 6 atom stereocenters. The van der Waals surface area contributed by atoms with Gasteiger partial charge in [-0.15, -0.1) is 142 Å². The number of hydrogen-bond acceptors (Lipinski definition) is 7. The van der Waals surface area contributed by atoms with Crippen LogP contribution in [0.4, 0.5) is 51.2 Å². The van der Waals surface area contributed by atoms with Crippen molar-refractivity contribution in [3.63, 3.8) is 0 Å². The number of nitrogens with zero attached hydrogens (tertiary/aromatic N) is 7. The molecule has 2 radical (unpaired) electrons. The number of para-hydroxylation sites is 5. The van der Waals surface area contributed by atoms with Gasteiger partial charge in [0.15, 0.2) is 0 Å². The third-order valence-electron chi connectivity index (χ3n) is 30.3. The molecular formula is C140H115Ir2N7-4. The third kappa shape index (κ3) is 21.5. The first-order valence-corrected chi connectivity index (χ1v) is 51.8. The Morgan fingerprint density at radius 3 is 0.812 bits per heavy atom. The SMILES string of the molecule is CCC(CC(C)c1ccc(N(c2ccccc2)c2ccc(-c3ccc(N(c4ccccc4)c4ccccc4)cc3)cc2)cc1)c1ccc2c(c1)C1(Cc3c[c-]c(-c4ccccn4)cc3C1)c1ccccc1-2.CCC(CC(C)c1ccc(N(c2ccccc2)c2ccccc2)cc1)c1ccc2c(c1)C1(Cc3c[c-]c(-c4ccccn4)cc3C1)c1ccccc1-2.[Ir].[Ir].[c-]1ccccc1-c1ccccn1.[c-]1ccccc1-c1ccccn1. The van der Waals surface area contributed by atoms with Gasteiger partial charge in [0.25, 0.3) is 0 Å². The average Bonchev–Trinajstić information content (AvgIpc) is 1.54. The van der Waals surface area contributed by atoms with Gasteiger partial charge in [0.2, 0.25) is 0 Å². The minimum atomic E-state index is -0.0783. The summed E-state index contributed by atoms with van der Waals surface area (Å²) < 4.78 is 0. The Hall–Kier alpha value is -16.0. The summed E-state index contributed by atoms with van der Waals surface area (Å²) in [6.07, 6.45) is 15.7. The first-order chi connectivity index (χ1) is 72.6. The van der Waals surface area contributed by atoms with Crippen LogP contribution < -0.4 is 14.7 Å². The number of fused-ring (bicyclic) bond motifs is 12. The molecule has 7 nitrogen and oxygen atoms in total. The van der Waals surface area contributed by atoms with Crippen molar-refractivity contribution in [2.24, 2.45) is 0 Å². The number of aromatic nitrogens is 4. The van der Waals surface area contributed by atoms with E-state index in [1.165, 1.54) is 106 Å². The number of rotatable bonds is 24. The molecule has 0 saturated heterocycles. The molecular weight excluding hydrogens is 2160 g/mol. The van der Waals surface area contributed by atoms with E-state index >= 15 is 0 Å². The first-order valence-electron chi connectivity index (χ1n) is 51.8. The molecule has 25 rings (SSSR count). The Balaban J connectivity index is 0.000000149. The fourth-order valence-electron chi connectivity index (χ4n) is 22.9. The molecule has 0 saturated carbocycles. The van der Waals surface area contributed by atoms with Gasteiger partial charge in [0, 0.05) is 127 Å². The van der Waals surface area contributed by atoms with Crippen LogP contribution in [-0.4, -0.2) is 19.9 Å². The predicted octanol–water partition coefficient (Wildman–Crippen LogP) is 35.8. The van der Waals surface area contributed by atoms with E-state index < -0.39 is 0 Å². The molecule has 0 bridgehead atoms. The fraction of sp³-hybridized carbons (Fsp3) is 0.129. The molecule has 732 valence electrons. The number of anilines is 9. The van der Waals surface area contributed by atoms with E-state index in [1.807, 2.05) is 109 Å². The zero-order valence-corrected chi connectivity index (χ0v) is 89.0. The fourth-order valence-corrected chi connectivity index (χ4v) is 22.9. The first kappa shape index (κ1) is 100. The number of pyridine rings is 4. The van der Waals surface area contributed by atoms with Gasteiger partial charge in [0.05, 0.1) is 0 Å². The van der Waals surface area contributed by atoms with Crippen LogP contribution in [0.25, 0.3) is 78.4 Å². The maximum absolute atomic E-state index is 4.65. The van der Waals surface area contributed by atoms with E-state index in [4.69, 9.17) is 0 Å². The average molecular weight is 2280 g/mol. The molecule has 21 aromatic rings. The van der Waals surface area contributed by atoms with Gasteiger partial charge in [-0.2, -0.15) is 0 Å². The minimum absolute atomic E-state index is 0. The quantitative estimate of drug-likeness (QED) is 0.0559. The van der Waals surface area contributed by atoms with Crippen molar-refractivity contribution in [3.05, 3.63) is 595 Å². The topological polar surface area (TPSA) is 61.3 Å². The van der Waals surface area contributed by atoms with E-state index in [2.05, 4.69) is 469 Å². The molecule has 4 heterocycles. The Morgan fingerprint density at radius 1 is 0.242 bits per heavy atom. The van der Waals surface area contributed by atoms with Crippen LogP contribution in [0.15, 0.2) is 504 Å². The van der Waals surface area contributed by atoms with Crippen molar-refractivity contribution < 1.29 is 40.2 Å². The summed E-state index contributed by atoms with van der Waals surface area (Å²) in [6, 6.07) is 185. The molecule has 0 N–H and O–H groups in total. The summed E-state index contributed by atoms with van der Waals surface area (Å²) in [7, 11) is 0. The molecule has 9 heteroatoms. The zero-order chi connectivity index (χ0) is 99.3. The summed E-state index contributed by atoms with van der Waals surface area (Å²) in [6.45, 7) is 9.53. The van der Waals surface area contributed by atoms with Crippen LogP contribution in [0.5, 0.6) is 0 Å². The molecule has 6 unspecified atom stereocenters. The molecule has 2 spiro atoms. The van der Waals surface area contributed by atoms with Crippen molar-refractivity contribution in [1.82, 2.24) is 19.9 Å². The van der Waals surface area contributed by atoms with E-state index in [-0.39, 0.29) is 51.0 Å². The monoisotopic (exact) mass is 2280 g/mol. The predicted molar refractivity (Wildman–Crippen MR) is 609 cm³/mol.